The molecule has 0 heterocycles. The van der Waals surface area contributed by atoms with Crippen molar-refractivity contribution in [1.29, 1.82) is 0 Å². The van der Waals surface area contributed by atoms with Crippen LogP contribution in [-0.4, -0.2) is 5.91 Å². The van der Waals surface area contributed by atoms with Crippen LogP contribution in [0.3, 0.4) is 0 Å². The molecule has 0 radical (unpaired) electrons. The van der Waals surface area contributed by atoms with Crippen LogP contribution in [0.25, 0.3) is 0 Å². The van der Waals surface area contributed by atoms with Crippen LogP contribution in [-0.2, 0) is 4.79 Å². The van der Waals surface area contributed by atoms with E-state index >= 15 is 0 Å². The first-order valence-electron chi connectivity index (χ1n) is 6.65. The molecule has 1 aliphatic carbocycles. The molecule has 2 rings (SSSR count). The number of aryl methyl sites for hydroxylation is 1. The largest absolute Gasteiger partial charge is 0.326 e. The van der Waals surface area contributed by atoms with Crippen molar-refractivity contribution in [3.63, 3.8) is 0 Å². The second kappa shape index (κ2) is 5.43. The fourth-order valence-electron chi connectivity index (χ4n) is 2.78. The van der Waals surface area contributed by atoms with Crippen molar-refractivity contribution in [2.24, 2.45) is 5.41 Å². The second-order valence-corrected chi connectivity index (χ2v) is 6.11. The molecule has 1 fully saturated rings. The number of carbonyl (C=O) groups excluding carboxylic acids is 1. The normalized spacial score (nSPS) is 17.7. The average Bonchev–Trinajstić information content (AvgIpc) is 2.84. The Labute approximate surface area is 117 Å². The number of nitrogens with one attached hydrogen (secondary N) is 1. The van der Waals surface area contributed by atoms with Gasteiger partial charge in [0.1, 0.15) is 0 Å². The first-order chi connectivity index (χ1) is 8.57. The van der Waals surface area contributed by atoms with Gasteiger partial charge >= 0.3 is 0 Å². The molecule has 0 aliphatic heterocycles. The Morgan fingerprint density at radius 1 is 1.39 bits per heavy atom. The molecule has 98 valence electrons. The van der Waals surface area contributed by atoms with E-state index in [1.807, 2.05) is 25.1 Å². The highest BCUT2D eigenvalue weighted by Crippen LogP contribution is 2.41. The molecule has 1 N–H and O–H groups in total. The number of anilines is 1. The summed E-state index contributed by atoms with van der Waals surface area (Å²) in [6.07, 6.45) is 5.37. The van der Waals surface area contributed by atoms with Crippen LogP contribution in [0, 0.1) is 12.3 Å². The van der Waals surface area contributed by atoms with E-state index in [1.165, 1.54) is 12.8 Å². The minimum absolute atomic E-state index is 0.124. The lowest BCUT2D eigenvalue weighted by atomic mass is 9.82. The van der Waals surface area contributed by atoms with E-state index in [2.05, 4.69) is 28.2 Å². The first kappa shape index (κ1) is 13.6. The third-order valence-electron chi connectivity index (χ3n) is 4.13. The van der Waals surface area contributed by atoms with E-state index in [1.54, 1.807) is 0 Å². The molecule has 18 heavy (non-hydrogen) atoms. The maximum Gasteiger partial charge on any atom is 0.230 e. The number of hydrogen-bond acceptors (Lipinski definition) is 1. The molecule has 1 aromatic rings. The molecule has 0 aromatic heterocycles. The molecule has 1 aliphatic rings. The van der Waals surface area contributed by atoms with E-state index in [0.29, 0.717) is 0 Å². The summed E-state index contributed by atoms with van der Waals surface area (Å²) >= 11 is 3.47. The van der Waals surface area contributed by atoms with E-state index in [-0.39, 0.29) is 11.3 Å². The zero-order valence-corrected chi connectivity index (χ0v) is 12.6. The molecule has 0 saturated heterocycles. The topological polar surface area (TPSA) is 29.1 Å². The van der Waals surface area contributed by atoms with E-state index in [4.69, 9.17) is 0 Å². The van der Waals surface area contributed by atoms with Crippen molar-refractivity contribution >= 4 is 27.5 Å². The lowest BCUT2D eigenvalue weighted by Crippen LogP contribution is -2.33. The van der Waals surface area contributed by atoms with E-state index in [0.717, 1.165) is 35.0 Å². The SMILES string of the molecule is CCC1(C(=O)Nc2ccc(Br)c(C)c2)CCCC1. The smallest absolute Gasteiger partial charge is 0.230 e. The highest BCUT2D eigenvalue weighted by molar-refractivity contribution is 9.10. The molecule has 1 amide bonds. The molecular formula is C15H20BrNO. The average molecular weight is 310 g/mol. The summed E-state index contributed by atoms with van der Waals surface area (Å²) in [6, 6.07) is 5.95. The summed E-state index contributed by atoms with van der Waals surface area (Å²) in [5.74, 6) is 0.198. The maximum atomic E-state index is 12.4. The lowest BCUT2D eigenvalue weighted by Gasteiger charge is -2.26. The summed E-state index contributed by atoms with van der Waals surface area (Å²) < 4.78 is 1.08. The quantitative estimate of drug-likeness (QED) is 0.864. The van der Waals surface area contributed by atoms with Gasteiger partial charge in [0.05, 0.1) is 0 Å². The zero-order chi connectivity index (χ0) is 13.2. The monoisotopic (exact) mass is 309 g/mol. The van der Waals surface area contributed by atoms with Crippen molar-refractivity contribution in [1.82, 2.24) is 0 Å². The summed E-state index contributed by atoms with van der Waals surface area (Å²) in [7, 11) is 0. The van der Waals surface area contributed by atoms with Crippen LogP contribution in [0.15, 0.2) is 22.7 Å². The predicted octanol–water partition coefficient (Wildman–Crippen LogP) is 4.67. The Bertz CT molecular complexity index is 450. The van der Waals surface area contributed by atoms with Crippen LogP contribution < -0.4 is 5.32 Å². The Hall–Kier alpha value is -0.830. The lowest BCUT2D eigenvalue weighted by molar-refractivity contribution is -0.125. The number of benzene rings is 1. The van der Waals surface area contributed by atoms with Gasteiger partial charge in [0.25, 0.3) is 0 Å². The molecule has 1 saturated carbocycles. The Kier molecular flexibility index (Phi) is 4.10. The van der Waals surface area contributed by atoms with Crippen LogP contribution in [0.2, 0.25) is 0 Å². The fraction of sp³-hybridized carbons (Fsp3) is 0.533. The van der Waals surface area contributed by atoms with Gasteiger partial charge in [-0.3, -0.25) is 4.79 Å². The third kappa shape index (κ3) is 2.61. The highest BCUT2D eigenvalue weighted by Gasteiger charge is 2.39. The molecule has 3 heteroatoms. The van der Waals surface area contributed by atoms with Crippen molar-refractivity contribution in [2.45, 2.75) is 46.0 Å². The summed E-state index contributed by atoms with van der Waals surface area (Å²) in [4.78, 5) is 12.4. The Morgan fingerprint density at radius 3 is 2.61 bits per heavy atom. The van der Waals surface area contributed by atoms with E-state index in [9.17, 15) is 4.79 Å². The highest BCUT2D eigenvalue weighted by atomic mass is 79.9. The van der Waals surface area contributed by atoms with Gasteiger partial charge < -0.3 is 5.32 Å². The van der Waals surface area contributed by atoms with Gasteiger partial charge in [0, 0.05) is 15.6 Å². The summed E-state index contributed by atoms with van der Waals surface area (Å²) in [5.41, 5.74) is 1.92. The Morgan fingerprint density at radius 2 is 2.06 bits per heavy atom. The van der Waals surface area contributed by atoms with Crippen LogP contribution in [0.4, 0.5) is 5.69 Å². The third-order valence-corrected chi connectivity index (χ3v) is 5.02. The minimum Gasteiger partial charge on any atom is -0.326 e. The van der Waals surface area contributed by atoms with Gasteiger partial charge in [-0.2, -0.15) is 0 Å². The predicted molar refractivity (Wildman–Crippen MR) is 78.7 cm³/mol. The van der Waals surface area contributed by atoms with E-state index < -0.39 is 0 Å². The van der Waals surface area contributed by atoms with Gasteiger partial charge in [0.2, 0.25) is 5.91 Å². The zero-order valence-electron chi connectivity index (χ0n) is 11.1. The maximum absolute atomic E-state index is 12.4. The van der Waals surface area contributed by atoms with Crippen molar-refractivity contribution in [2.75, 3.05) is 5.32 Å². The molecule has 0 atom stereocenters. The molecule has 1 aromatic carbocycles. The van der Waals surface area contributed by atoms with Crippen LogP contribution in [0.1, 0.15) is 44.6 Å². The van der Waals surface area contributed by atoms with Crippen molar-refractivity contribution < 1.29 is 4.79 Å². The fourth-order valence-corrected chi connectivity index (χ4v) is 3.03. The molecule has 2 nitrogen and oxygen atoms in total. The van der Waals surface area contributed by atoms with Gasteiger partial charge in [0.15, 0.2) is 0 Å². The molecule has 0 bridgehead atoms. The number of carbonyl (C=O) groups is 1. The summed E-state index contributed by atoms with van der Waals surface area (Å²) in [6.45, 7) is 4.16. The molecule has 0 unspecified atom stereocenters. The van der Waals surface area contributed by atoms with Gasteiger partial charge in [-0.15, -0.1) is 0 Å². The Balaban J connectivity index is 2.13. The first-order valence-corrected chi connectivity index (χ1v) is 7.44. The number of amides is 1. The number of halogens is 1. The van der Waals surface area contributed by atoms with Crippen LogP contribution >= 0.6 is 15.9 Å². The van der Waals surface area contributed by atoms with Gasteiger partial charge in [-0.25, -0.2) is 0 Å². The van der Waals surface area contributed by atoms with Gasteiger partial charge in [-0.05, 0) is 49.9 Å². The number of rotatable bonds is 3. The minimum atomic E-state index is -0.124. The van der Waals surface area contributed by atoms with Gasteiger partial charge in [-0.1, -0.05) is 35.7 Å². The standard InChI is InChI=1S/C15H20BrNO/c1-3-15(8-4-5-9-15)14(18)17-12-6-7-13(16)11(2)10-12/h6-7,10H,3-5,8-9H2,1-2H3,(H,17,18). The summed E-state index contributed by atoms with van der Waals surface area (Å²) in [5, 5.41) is 3.08. The molecule has 0 spiro atoms. The van der Waals surface area contributed by atoms with Crippen LogP contribution in [0.5, 0.6) is 0 Å². The number of hydrogen-bond donors (Lipinski definition) is 1. The van der Waals surface area contributed by atoms with Crippen molar-refractivity contribution in [3.8, 4) is 0 Å². The second-order valence-electron chi connectivity index (χ2n) is 5.26. The molecular weight excluding hydrogens is 290 g/mol. The van der Waals surface area contributed by atoms with Crippen molar-refractivity contribution in [3.05, 3.63) is 28.2 Å².